The number of H-pyrrole nitrogens is 1. The molecule has 1 aromatic heterocycles. The molecule has 0 spiro atoms. The molecule has 0 radical (unpaired) electrons. The zero-order valence-electron chi connectivity index (χ0n) is 20.7. The van der Waals surface area contributed by atoms with Crippen LogP contribution in [-0.2, 0) is 6.42 Å². The zero-order chi connectivity index (χ0) is 24.6. The first-order chi connectivity index (χ1) is 17.8. The van der Waals surface area contributed by atoms with E-state index in [1.165, 1.54) is 36.0 Å². The Balaban J connectivity index is 1.48. The number of hydrogen-bond donors (Lipinski definition) is 1. The molecule has 0 saturated carbocycles. The molecule has 180 valence electrons. The van der Waals surface area contributed by atoms with Crippen LogP contribution in [-0.4, -0.2) is 20.6 Å². The standard InChI is InChI=1S/C32H32N4/c1-2-3-13-27-16-10-17-28(20-18-24-11-6-4-7-12-24)30(27)22-25-19-21-29(26-14-8-5-9-15-26)31(23-25)32-33-35-36-34-32/h4-12,14-21,23,27,30H,2-3,13,22H2,1H3,(H,33,34,35,36). The van der Waals surface area contributed by atoms with Crippen molar-refractivity contribution >= 4 is 6.08 Å². The fraction of sp³-hybridized carbons (Fsp3) is 0.219. The van der Waals surface area contributed by atoms with Crippen molar-refractivity contribution < 1.29 is 0 Å². The van der Waals surface area contributed by atoms with Gasteiger partial charge < -0.3 is 0 Å². The minimum atomic E-state index is 0.419. The molecular weight excluding hydrogens is 440 g/mol. The fourth-order valence-corrected chi connectivity index (χ4v) is 5.06. The molecule has 0 amide bonds. The first kappa shape index (κ1) is 23.7. The summed E-state index contributed by atoms with van der Waals surface area (Å²) in [6.07, 6.45) is 16.1. The molecule has 1 aliphatic carbocycles. The second-order valence-electron chi connectivity index (χ2n) is 9.39. The van der Waals surface area contributed by atoms with E-state index in [-0.39, 0.29) is 0 Å². The molecule has 36 heavy (non-hydrogen) atoms. The van der Waals surface area contributed by atoms with Crippen molar-refractivity contribution in [3.63, 3.8) is 0 Å². The van der Waals surface area contributed by atoms with Crippen molar-refractivity contribution in [3.8, 4) is 22.5 Å². The summed E-state index contributed by atoms with van der Waals surface area (Å²) in [6, 6.07) is 27.7. The first-order valence-corrected chi connectivity index (χ1v) is 12.9. The maximum absolute atomic E-state index is 4.31. The number of tetrazole rings is 1. The van der Waals surface area contributed by atoms with Crippen LogP contribution in [0.15, 0.2) is 109 Å². The summed E-state index contributed by atoms with van der Waals surface area (Å²) >= 11 is 0. The Morgan fingerprint density at radius 1 is 0.889 bits per heavy atom. The monoisotopic (exact) mass is 472 g/mol. The third kappa shape index (κ3) is 5.60. The Morgan fingerprint density at radius 2 is 1.69 bits per heavy atom. The second kappa shape index (κ2) is 11.6. The number of benzene rings is 3. The highest BCUT2D eigenvalue weighted by Crippen LogP contribution is 2.36. The quantitative estimate of drug-likeness (QED) is 0.271. The molecule has 4 heteroatoms. The molecule has 1 N–H and O–H groups in total. The van der Waals surface area contributed by atoms with Gasteiger partial charge in [0.05, 0.1) is 0 Å². The van der Waals surface area contributed by atoms with Crippen LogP contribution in [0.1, 0.15) is 37.3 Å². The van der Waals surface area contributed by atoms with Crippen LogP contribution in [0.4, 0.5) is 0 Å². The highest BCUT2D eigenvalue weighted by molar-refractivity contribution is 5.80. The van der Waals surface area contributed by atoms with Crippen LogP contribution >= 0.6 is 0 Å². The van der Waals surface area contributed by atoms with E-state index in [0.717, 1.165) is 23.1 Å². The van der Waals surface area contributed by atoms with Gasteiger partial charge in [0.2, 0.25) is 5.82 Å². The van der Waals surface area contributed by atoms with E-state index >= 15 is 0 Å². The summed E-state index contributed by atoms with van der Waals surface area (Å²) in [5.74, 6) is 1.57. The van der Waals surface area contributed by atoms with Gasteiger partial charge in [-0.15, -0.1) is 10.2 Å². The van der Waals surface area contributed by atoms with Crippen molar-refractivity contribution in [3.05, 3.63) is 120 Å². The van der Waals surface area contributed by atoms with E-state index < -0.39 is 0 Å². The van der Waals surface area contributed by atoms with E-state index in [1.54, 1.807) is 0 Å². The summed E-state index contributed by atoms with van der Waals surface area (Å²) in [6.45, 7) is 2.27. The Kier molecular flexibility index (Phi) is 7.62. The number of aromatic nitrogens is 4. The van der Waals surface area contributed by atoms with Gasteiger partial charge in [0.25, 0.3) is 0 Å². The molecule has 5 rings (SSSR count). The topological polar surface area (TPSA) is 54.5 Å². The Labute approximate surface area is 213 Å². The van der Waals surface area contributed by atoms with Gasteiger partial charge in [0.1, 0.15) is 0 Å². The van der Waals surface area contributed by atoms with E-state index in [0.29, 0.717) is 17.7 Å². The van der Waals surface area contributed by atoms with Gasteiger partial charge in [-0.05, 0) is 63.8 Å². The van der Waals surface area contributed by atoms with Gasteiger partial charge in [0, 0.05) is 5.56 Å². The molecule has 0 bridgehead atoms. The third-order valence-corrected chi connectivity index (χ3v) is 6.96. The predicted molar refractivity (Wildman–Crippen MR) is 148 cm³/mol. The zero-order valence-corrected chi connectivity index (χ0v) is 20.7. The van der Waals surface area contributed by atoms with Crippen LogP contribution in [0.3, 0.4) is 0 Å². The summed E-state index contributed by atoms with van der Waals surface area (Å²) < 4.78 is 0. The number of rotatable bonds is 9. The maximum atomic E-state index is 4.31. The van der Waals surface area contributed by atoms with E-state index in [9.17, 15) is 0 Å². The molecule has 0 saturated heterocycles. The average Bonchev–Trinajstić information content (AvgIpc) is 3.48. The van der Waals surface area contributed by atoms with Crippen molar-refractivity contribution in [1.29, 1.82) is 0 Å². The van der Waals surface area contributed by atoms with Crippen LogP contribution in [0.25, 0.3) is 28.6 Å². The molecule has 4 aromatic rings. The molecule has 0 fully saturated rings. The molecule has 1 aliphatic rings. The van der Waals surface area contributed by atoms with Crippen LogP contribution in [0, 0.1) is 11.8 Å². The minimum absolute atomic E-state index is 0.419. The maximum Gasteiger partial charge on any atom is 0.205 e. The van der Waals surface area contributed by atoms with Gasteiger partial charge in [0.15, 0.2) is 0 Å². The normalized spacial score (nSPS) is 17.4. The number of allylic oxidation sites excluding steroid dienone is 5. The molecular formula is C32H32N4. The molecule has 4 nitrogen and oxygen atoms in total. The Morgan fingerprint density at radius 3 is 2.44 bits per heavy atom. The van der Waals surface area contributed by atoms with Crippen LogP contribution in [0.2, 0.25) is 0 Å². The molecule has 2 atom stereocenters. The molecule has 2 unspecified atom stereocenters. The number of unbranched alkanes of at least 4 members (excludes halogenated alkanes) is 1. The molecule has 3 aromatic carbocycles. The Hall–Kier alpha value is -4.05. The highest BCUT2D eigenvalue weighted by Gasteiger charge is 2.25. The van der Waals surface area contributed by atoms with Crippen LogP contribution < -0.4 is 0 Å². The molecule has 0 aliphatic heterocycles. The van der Waals surface area contributed by atoms with E-state index in [2.05, 4.69) is 131 Å². The SMILES string of the molecule is CCCCC1C=CC=C(C=Cc2ccccc2)C1Cc1ccc(-c2ccccc2)c(-c2nn[nH]n2)c1. The van der Waals surface area contributed by atoms with Crippen LogP contribution in [0.5, 0.6) is 0 Å². The lowest BCUT2D eigenvalue weighted by Crippen LogP contribution is -2.20. The predicted octanol–water partition coefficient (Wildman–Crippen LogP) is 7.71. The van der Waals surface area contributed by atoms with Gasteiger partial charge in [-0.3, -0.25) is 0 Å². The van der Waals surface area contributed by atoms with Crippen molar-refractivity contribution in [2.45, 2.75) is 32.6 Å². The van der Waals surface area contributed by atoms with Crippen molar-refractivity contribution in [2.24, 2.45) is 11.8 Å². The summed E-state index contributed by atoms with van der Waals surface area (Å²) in [4.78, 5) is 0. The highest BCUT2D eigenvalue weighted by atomic mass is 15.5. The lowest BCUT2D eigenvalue weighted by atomic mass is 9.75. The van der Waals surface area contributed by atoms with E-state index in [4.69, 9.17) is 0 Å². The smallest absolute Gasteiger partial charge is 0.177 e. The fourth-order valence-electron chi connectivity index (χ4n) is 5.06. The van der Waals surface area contributed by atoms with Gasteiger partial charge in [-0.1, -0.05) is 123 Å². The summed E-state index contributed by atoms with van der Waals surface area (Å²) in [5, 5.41) is 15.1. The third-order valence-electron chi connectivity index (χ3n) is 6.96. The number of nitrogens with one attached hydrogen (secondary N) is 1. The Bertz CT molecular complexity index is 1340. The first-order valence-electron chi connectivity index (χ1n) is 12.9. The lowest BCUT2D eigenvalue weighted by Gasteiger charge is -2.29. The average molecular weight is 473 g/mol. The lowest BCUT2D eigenvalue weighted by molar-refractivity contribution is 0.412. The summed E-state index contributed by atoms with van der Waals surface area (Å²) in [5.41, 5.74) is 7.17. The second-order valence-corrected chi connectivity index (χ2v) is 9.39. The van der Waals surface area contributed by atoms with Gasteiger partial charge in [-0.2, -0.15) is 5.21 Å². The summed E-state index contributed by atoms with van der Waals surface area (Å²) in [7, 11) is 0. The number of hydrogen-bond acceptors (Lipinski definition) is 3. The molecule has 1 heterocycles. The van der Waals surface area contributed by atoms with Gasteiger partial charge >= 0.3 is 0 Å². The van der Waals surface area contributed by atoms with Crippen molar-refractivity contribution in [1.82, 2.24) is 20.6 Å². The number of nitrogens with zero attached hydrogens (tertiary/aromatic N) is 3. The van der Waals surface area contributed by atoms with Gasteiger partial charge in [-0.25, -0.2) is 0 Å². The van der Waals surface area contributed by atoms with Crippen molar-refractivity contribution in [2.75, 3.05) is 0 Å². The van der Waals surface area contributed by atoms with E-state index in [1.807, 2.05) is 6.07 Å². The number of aromatic amines is 1. The largest absolute Gasteiger partial charge is 0.205 e. The minimum Gasteiger partial charge on any atom is -0.177 e.